The topological polar surface area (TPSA) is 62.2 Å². The van der Waals surface area contributed by atoms with Crippen LogP contribution in [0, 0.1) is 12.7 Å². The summed E-state index contributed by atoms with van der Waals surface area (Å²) in [4.78, 5) is 15.1. The Bertz CT molecular complexity index is 644. The van der Waals surface area contributed by atoms with Gasteiger partial charge in [0.2, 0.25) is 0 Å². The number of carboxylic acid groups (broad SMARTS) is 1. The molecule has 0 saturated heterocycles. The molecular formula is C15H15FN2O2. The average Bonchev–Trinajstić information content (AvgIpc) is 2.38. The van der Waals surface area contributed by atoms with Crippen molar-refractivity contribution in [2.45, 2.75) is 19.9 Å². The van der Waals surface area contributed by atoms with E-state index in [4.69, 9.17) is 5.11 Å². The lowest BCUT2D eigenvalue weighted by Crippen LogP contribution is -2.10. The highest BCUT2D eigenvalue weighted by Crippen LogP contribution is 2.19. The van der Waals surface area contributed by atoms with Crippen molar-refractivity contribution in [2.24, 2.45) is 0 Å². The van der Waals surface area contributed by atoms with Crippen LogP contribution in [0.4, 0.5) is 10.2 Å². The van der Waals surface area contributed by atoms with Crippen LogP contribution < -0.4 is 5.32 Å². The molecule has 1 atom stereocenters. The lowest BCUT2D eigenvalue weighted by molar-refractivity contribution is 0.0695. The summed E-state index contributed by atoms with van der Waals surface area (Å²) in [6.45, 7) is 3.53. The number of aryl methyl sites for hydroxylation is 1. The predicted octanol–water partition coefficient (Wildman–Crippen LogP) is 3.40. The lowest BCUT2D eigenvalue weighted by Gasteiger charge is -2.15. The number of benzene rings is 1. The molecule has 1 aromatic heterocycles. The Morgan fingerprint density at radius 1 is 1.35 bits per heavy atom. The van der Waals surface area contributed by atoms with Gasteiger partial charge in [0.25, 0.3) is 0 Å². The highest BCUT2D eigenvalue weighted by atomic mass is 19.1. The van der Waals surface area contributed by atoms with E-state index in [1.165, 1.54) is 18.2 Å². The van der Waals surface area contributed by atoms with Crippen molar-refractivity contribution in [1.82, 2.24) is 4.98 Å². The van der Waals surface area contributed by atoms with E-state index in [1.807, 2.05) is 13.0 Å². The molecule has 1 aromatic carbocycles. The second-order valence-electron chi connectivity index (χ2n) is 4.56. The third-order valence-corrected chi connectivity index (χ3v) is 3.03. The summed E-state index contributed by atoms with van der Waals surface area (Å²) < 4.78 is 13.2. The van der Waals surface area contributed by atoms with Gasteiger partial charge < -0.3 is 10.4 Å². The fourth-order valence-electron chi connectivity index (χ4n) is 1.95. The minimum absolute atomic E-state index is 0.131. The molecular weight excluding hydrogens is 259 g/mol. The number of aromatic nitrogens is 1. The number of hydrogen-bond donors (Lipinski definition) is 2. The standard InChI is InChI=1S/C15H15FN2O2/c1-9(11-4-3-5-12(16)8-11)17-14-7-6-13(15(19)20)10(2)18-14/h3-9H,1-2H3,(H,17,18)(H,19,20). The van der Waals surface area contributed by atoms with Crippen molar-refractivity contribution in [3.8, 4) is 0 Å². The van der Waals surface area contributed by atoms with Crippen LogP contribution in [0.5, 0.6) is 0 Å². The number of carboxylic acids is 1. The first kappa shape index (κ1) is 14.0. The van der Waals surface area contributed by atoms with Crippen LogP contribution in [0.2, 0.25) is 0 Å². The van der Waals surface area contributed by atoms with Crippen molar-refractivity contribution in [1.29, 1.82) is 0 Å². The van der Waals surface area contributed by atoms with Crippen LogP contribution >= 0.6 is 0 Å². The molecule has 0 bridgehead atoms. The van der Waals surface area contributed by atoms with Gasteiger partial charge in [-0.3, -0.25) is 0 Å². The second kappa shape index (κ2) is 5.69. The Hall–Kier alpha value is -2.43. The molecule has 0 aliphatic heterocycles. The van der Waals surface area contributed by atoms with Gasteiger partial charge in [0.05, 0.1) is 17.3 Å². The molecule has 0 fully saturated rings. The van der Waals surface area contributed by atoms with Gasteiger partial charge >= 0.3 is 5.97 Å². The number of carbonyl (C=O) groups is 1. The van der Waals surface area contributed by atoms with Crippen LogP contribution in [0.15, 0.2) is 36.4 Å². The molecule has 0 amide bonds. The molecule has 5 heteroatoms. The van der Waals surface area contributed by atoms with Gasteiger partial charge in [-0.1, -0.05) is 12.1 Å². The smallest absolute Gasteiger partial charge is 0.337 e. The maximum atomic E-state index is 13.2. The molecule has 20 heavy (non-hydrogen) atoms. The van der Waals surface area contributed by atoms with E-state index in [2.05, 4.69) is 10.3 Å². The third-order valence-electron chi connectivity index (χ3n) is 3.03. The summed E-state index contributed by atoms with van der Waals surface area (Å²) in [6, 6.07) is 9.29. The fraction of sp³-hybridized carbons (Fsp3) is 0.200. The number of anilines is 1. The van der Waals surface area contributed by atoms with E-state index in [1.54, 1.807) is 19.1 Å². The SMILES string of the molecule is Cc1nc(NC(C)c2cccc(F)c2)ccc1C(=O)O. The maximum Gasteiger partial charge on any atom is 0.337 e. The first-order valence-electron chi connectivity index (χ1n) is 6.20. The highest BCUT2D eigenvalue weighted by Gasteiger charge is 2.11. The van der Waals surface area contributed by atoms with E-state index in [0.29, 0.717) is 11.5 Å². The van der Waals surface area contributed by atoms with Gasteiger partial charge in [0, 0.05) is 0 Å². The summed E-state index contributed by atoms with van der Waals surface area (Å²) in [5.74, 6) is -0.731. The number of pyridine rings is 1. The Balaban J connectivity index is 2.18. The van der Waals surface area contributed by atoms with Gasteiger partial charge in [0.15, 0.2) is 0 Å². The van der Waals surface area contributed by atoms with Crippen molar-refractivity contribution in [2.75, 3.05) is 5.32 Å². The Labute approximate surface area is 116 Å². The minimum Gasteiger partial charge on any atom is -0.478 e. The number of hydrogen-bond acceptors (Lipinski definition) is 3. The summed E-state index contributed by atoms with van der Waals surface area (Å²) in [5.41, 5.74) is 1.41. The van der Waals surface area contributed by atoms with Gasteiger partial charge in [-0.15, -0.1) is 0 Å². The summed E-state index contributed by atoms with van der Waals surface area (Å²) in [6.07, 6.45) is 0. The average molecular weight is 274 g/mol. The number of rotatable bonds is 4. The van der Waals surface area contributed by atoms with Gasteiger partial charge in [-0.05, 0) is 43.7 Å². The Kier molecular flexibility index (Phi) is 3.98. The van der Waals surface area contributed by atoms with Crippen molar-refractivity contribution in [3.63, 3.8) is 0 Å². The normalized spacial score (nSPS) is 11.9. The first-order chi connectivity index (χ1) is 9.47. The van der Waals surface area contributed by atoms with Crippen LogP contribution in [0.1, 0.15) is 34.6 Å². The molecule has 2 aromatic rings. The zero-order chi connectivity index (χ0) is 14.7. The van der Waals surface area contributed by atoms with E-state index >= 15 is 0 Å². The molecule has 0 radical (unpaired) electrons. The van der Waals surface area contributed by atoms with E-state index in [-0.39, 0.29) is 17.4 Å². The van der Waals surface area contributed by atoms with Crippen LogP contribution in [0.3, 0.4) is 0 Å². The highest BCUT2D eigenvalue weighted by molar-refractivity contribution is 5.89. The largest absolute Gasteiger partial charge is 0.478 e. The van der Waals surface area contributed by atoms with Crippen LogP contribution in [0.25, 0.3) is 0 Å². The van der Waals surface area contributed by atoms with Gasteiger partial charge in [-0.25, -0.2) is 14.2 Å². The molecule has 1 heterocycles. The Morgan fingerprint density at radius 3 is 2.70 bits per heavy atom. The molecule has 2 N–H and O–H groups in total. The zero-order valence-corrected chi connectivity index (χ0v) is 11.2. The van der Waals surface area contributed by atoms with E-state index < -0.39 is 5.97 Å². The third kappa shape index (κ3) is 3.12. The monoisotopic (exact) mass is 274 g/mol. The minimum atomic E-state index is -1.00. The van der Waals surface area contributed by atoms with E-state index in [9.17, 15) is 9.18 Å². The molecule has 0 aliphatic carbocycles. The number of nitrogens with zero attached hydrogens (tertiary/aromatic N) is 1. The zero-order valence-electron chi connectivity index (χ0n) is 11.2. The molecule has 0 saturated carbocycles. The molecule has 2 rings (SSSR count). The van der Waals surface area contributed by atoms with E-state index in [0.717, 1.165) is 5.56 Å². The number of aromatic carboxylic acids is 1. The summed E-state index contributed by atoms with van der Waals surface area (Å²) in [7, 11) is 0. The lowest BCUT2D eigenvalue weighted by atomic mass is 10.1. The van der Waals surface area contributed by atoms with Crippen molar-refractivity contribution >= 4 is 11.8 Å². The predicted molar refractivity (Wildman–Crippen MR) is 74.4 cm³/mol. The molecule has 4 nitrogen and oxygen atoms in total. The van der Waals surface area contributed by atoms with Crippen LogP contribution in [-0.4, -0.2) is 16.1 Å². The first-order valence-corrected chi connectivity index (χ1v) is 6.20. The summed E-state index contributed by atoms with van der Waals surface area (Å²) in [5, 5.41) is 12.1. The molecule has 104 valence electrons. The number of nitrogens with one attached hydrogen (secondary N) is 1. The maximum absolute atomic E-state index is 13.2. The fourth-order valence-corrected chi connectivity index (χ4v) is 1.95. The quantitative estimate of drug-likeness (QED) is 0.897. The van der Waals surface area contributed by atoms with Crippen molar-refractivity contribution < 1.29 is 14.3 Å². The van der Waals surface area contributed by atoms with Crippen LogP contribution in [-0.2, 0) is 0 Å². The second-order valence-corrected chi connectivity index (χ2v) is 4.56. The van der Waals surface area contributed by atoms with Gasteiger partial charge in [0.1, 0.15) is 11.6 Å². The van der Waals surface area contributed by atoms with Crippen molar-refractivity contribution in [3.05, 3.63) is 59.0 Å². The summed E-state index contributed by atoms with van der Waals surface area (Å²) >= 11 is 0. The molecule has 0 aliphatic rings. The van der Waals surface area contributed by atoms with Gasteiger partial charge in [-0.2, -0.15) is 0 Å². The Morgan fingerprint density at radius 2 is 2.10 bits per heavy atom. The molecule has 0 spiro atoms. The molecule has 1 unspecified atom stereocenters. The number of halogens is 1.